The third-order valence-corrected chi connectivity index (χ3v) is 5.57. The Kier molecular flexibility index (Phi) is 13.1. The van der Waals surface area contributed by atoms with Crippen LogP contribution in [-0.2, 0) is 23.9 Å². The normalized spacial score (nSPS) is 12.9. The Labute approximate surface area is 221 Å². The number of benzene rings is 1. The van der Waals surface area contributed by atoms with E-state index in [9.17, 15) is 19.2 Å². The number of esters is 1. The van der Waals surface area contributed by atoms with Gasteiger partial charge in [0.05, 0.1) is 7.11 Å². The largest absolute Gasteiger partial charge is 0.468 e. The van der Waals surface area contributed by atoms with Crippen molar-refractivity contribution in [2.75, 3.05) is 20.2 Å². The van der Waals surface area contributed by atoms with Crippen LogP contribution in [0, 0.1) is 12.8 Å². The predicted octanol–water partition coefficient (Wildman–Crippen LogP) is 4.28. The molecule has 0 aromatic heterocycles. The van der Waals surface area contributed by atoms with E-state index in [4.69, 9.17) is 4.74 Å². The van der Waals surface area contributed by atoms with Crippen molar-refractivity contribution in [1.29, 1.82) is 0 Å². The van der Waals surface area contributed by atoms with Crippen LogP contribution >= 0.6 is 0 Å². The highest BCUT2D eigenvalue weighted by molar-refractivity contribution is 5.93. The van der Waals surface area contributed by atoms with Crippen molar-refractivity contribution in [2.24, 2.45) is 5.92 Å². The Morgan fingerprint density at radius 3 is 2.16 bits per heavy atom. The summed E-state index contributed by atoms with van der Waals surface area (Å²) >= 11 is 0. The highest BCUT2D eigenvalue weighted by atomic mass is 16.6. The van der Waals surface area contributed by atoms with Gasteiger partial charge in [0.1, 0.15) is 24.2 Å². The van der Waals surface area contributed by atoms with E-state index in [0.29, 0.717) is 24.9 Å². The van der Waals surface area contributed by atoms with E-state index < -0.39 is 35.7 Å². The molecular weight excluding hydrogens is 474 g/mol. The number of unbranched alkanes of at least 4 members (excludes halogenated alkanes) is 2. The van der Waals surface area contributed by atoms with E-state index in [1.807, 2.05) is 32.9 Å². The molecule has 0 fully saturated rings. The molecule has 208 valence electrons. The lowest BCUT2D eigenvalue weighted by Crippen LogP contribution is -2.54. The van der Waals surface area contributed by atoms with Crippen molar-refractivity contribution < 1.29 is 28.7 Å². The molecule has 3 amide bonds. The van der Waals surface area contributed by atoms with Crippen molar-refractivity contribution in [1.82, 2.24) is 15.5 Å². The monoisotopic (exact) mass is 519 g/mol. The summed E-state index contributed by atoms with van der Waals surface area (Å²) in [6.45, 7) is 13.1. The Hall–Kier alpha value is -3.10. The second kappa shape index (κ2) is 15.2. The van der Waals surface area contributed by atoms with Crippen LogP contribution in [0.4, 0.5) is 4.79 Å². The highest BCUT2D eigenvalue weighted by Crippen LogP contribution is 2.25. The summed E-state index contributed by atoms with van der Waals surface area (Å²) in [5, 5.41) is 5.34. The Balaban J connectivity index is 3.45. The minimum absolute atomic E-state index is 0.0901. The van der Waals surface area contributed by atoms with Crippen LogP contribution in [0.5, 0.6) is 0 Å². The van der Waals surface area contributed by atoms with E-state index in [2.05, 4.69) is 22.3 Å². The van der Waals surface area contributed by atoms with Gasteiger partial charge in [0, 0.05) is 6.54 Å². The number of carbonyl (C=O) groups is 4. The number of amides is 3. The quantitative estimate of drug-likeness (QED) is 0.297. The maximum Gasteiger partial charge on any atom is 0.408 e. The molecule has 2 unspecified atom stereocenters. The number of rotatable bonds is 13. The summed E-state index contributed by atoms with van der Waals surface area (Å²) in [4.78, 5) is 53.4. The molecule has 9 heteroatoms. The van der Waals surface area contributed by atoms with E-state index in [1.165, 1.54) is 12.0 Å². The van der Waals surface area contributed by atoms with Crippen molar-refractivity contribution >= 4 is 23.9 Å². The molecule has 0 aliphatic carbocycles. The standard InChI is InChI=1S/C28H45N3O6/c1-9-10-11-16-31(26(34)22(17-19(2)3)30-27(35)37-28(5,6)7)24(21-14-12-20(4)13-15-21)25(33)29-18-23(32)36-8/h12-15,19,22,24H,9-11,16-18H2,1-8H3,(H,29,33)(H,30,35). The average Bonchev–Trinajstić information content (AvgIpc) is 2.80. The molecule has 0 radical (unpaired) electrons. The topological polar surface area (TPSA) is 114 Å². The first-order valence-electron chi connectivity index (χ1n) is 13.0. The molecule has 0 saturated carbocycles. The fourth-order valence-corrected chi connectivity index (χ4v) is 3.79. The molecule has 1 rings (SSSR count). The highest BCUT2D eigenvalue weighted by Gasteiger charge is 2.36. The van der Waals surface area contributed by atoms with Gasteiger partial charge in [0.15, 0.2) is 0 Å². The number of nitrogens with one attached hydrogen (secondary N) is 2. The second-order valence-electron chi connectivity index (χ2n) is 10.7. The maximum absolute atomic E-state index is 14.0. The number of ether oxygens (including phenoxy) is 2. The van der Waals surface area contributed by atoms with Crippen LogP contribution in [0.25, 0.3) is 0 Å². The Morgan fingerprint density at radius 1 is 1.03 bits per heavy atom. The summed E-state index contributed by atoms with van der Waals surface area (Å²) in [5.74, 6) is -1.38. The zero-order chi connectivity index (χ0) is 28.2. The maximum atomic E-state index is 14.0. The van der Waals surface area contributed by atoms with Gasteiger partial charge in [-0.3, -0.25) is 14.4 Å². The number of aryl methyl sites for hydroxylation is 1. The zero-order valence-electron chi connectivity index (χ0n) is 23.7. The number of alkyl carbamates (subject to hydrolysis) is 1. The van der Waals surface area contributed by atoms with Crippen molar-refractivity contribution in [3.8, 4) is 0 Å². The first-order chi connectivity index (χ1) is 17.3. The van der Waals surface area contributed by atoms with Gasteiger partial charge in [-0.15, -0.1) is 0 Å². The van der Waals surface area contributed by atoms with Crippen LogP contribution < -0.4 is 10.6 Å². The Morgan fingerprint density at radius 2 is 1.65 bits per heavy atom. The minimum atomic E-state index is -0.996. The van der Waals surface area contributed by atoms with E-state index >= 15 is 0 Å². The molecule has 2 N–H and O–H groups in total. The van der Waals surface area contributed by atoms with Crippen molar-refractivity contribution in [3.05, 3.63) is 35.4 Å². The fraction of sp³-hybridized carbons (Fsp3) is 0.643. The number of carbonyl (C=O) groups excluding carboxylic acids is 4. The number of methoxy groups -OCH3 is 1. The fourth-order valence-electron chi connectivity index (χ4n) is 3.79. The number of hydrogen-bond donors (Lipinski definition) is 2. The van der Waals surface area contributed by atoms with Crippen LogP contribution in [0.2, 0.25) is 0 Å². The van der Waals surface area contributed by atoms with Gasteiger partial charge in [0.25, 0.3) is 0 Å². The molecular formula is C28H45N3O6. The van der Waals surface area contributed by atoms with Gasteiger partial charge in [0.2, 0.25) is 11.8 Å². The molecule has 0 spiro atoms. The first kappa shape index (κ1) is 31.9. The summed E-state index contributed by atoms with van der Waals surface area (Å²) in [6, 6.07) is 5.46. The lowest BCUT2D eigenvalue weighted by atomic mass is 9.98. The third-order valence-electron chi connectivity index (χ3n) is 5.57. The smallest absolute Gasteiger partial charge is 0.408 e. The van der Waals surface area contributed by atoms with Gasteiger partial charge in [-0.25, -0.2) is 4.79 Å². The van der Waals surface area contributed by atoms with Crippen LogP contribution in [0.3, 0.4) is 0 Å². The summed E-state index contributed by atoms with van der Waals surface area (Å²) in [6.07, 6.45) is 2.14. The van der Waals surface area contributed by atoms with E-state index in [1.54, 1.807) is 32.9 Å². The van der Waals surface area contributed by atoms with Crippen LogP contribution in [0.15, 0.2) is 24.3 Å². The molecule has 1 aromatic carbocycles. The summed E-state index contributed by atoms with van der Waals surface area (Å²) in [5.41, 5.74) is 0.887. The summed E-state index contributed by atoms with van der Waals surface area (Å²) in [7, 11) is 1.24. The minimum Gasteiger partial charge on any atom is -0.468 e. The number of hydrogen-bond acceptors (Lipinski definition) is 6. The second-order valence-corrected chi connectivity index (χ2v) is 10.7. The lowest BCUT2D eigenvalue weighted by Gasteiger charge is -2.35. The molecule has 37 heavy (non-hydrogen) atoms. The predicted molar refractivity (Wildman–Crippen MR) is 143 cm³/mol. The molecule has 9 nitrogen and oxygen atoms in total. The molecule has 2 atom stereocenters. The molecule has 0 heterocycles. The van der Waals surface area contributed by atoms with Gasteiger partial charge in [-0.2, -0.15) is 0 Å². The van der Waals surface area contributed by atoms with E-state index in [-0.39, 0.29) is 18.4 Å². The zero-order valence-corrected chi connectivity index (χ0v) is 23.7. The van der Waals surface area contributed by atoms with Crippen molar-refractivity contribution in [2.45, 2.75) is 91.8 Å². The number of nitrogens with zero attached hydrogens (tertiary/aromatic N) is 1. The third kappa shape index (κ3) is 11.7. The summed E-state index contributed by atoms with van der Waals surface area (Å²) < 4.78 is 10.1. The molecule has 0 saturated heterocycles. The van der Waals surface area contributed by atoms with Crippen LogP contribution in [-0.4, -0.2) is 60.6 Å². The van der Waals surface area contributed by atoms with Gasteiger partial charge >= 0.3 is 12.1 Å². The average molecular weight is 520 g/mol. The Bertz CT molecular complexity index is 892. The van der Waals surface area contributed by atoms with Crippen LogP contribution in [0.1, 0.15) is 84.4 Å². The van der Waals surface area contributed by atoms with Gasteiger partial charge < -0.3 is 25.0 Å². The lowest BCUT2D eigenvalue weighted by molar-refractivity contribution is -0.145. The molecule has 1 aromatic rings. The van der Waals surface area contributed by atoms with Crippen molar-refractivity contribution in [3.63, 3.8) is 0 Å². The SMILES string of the molecule is CCCCCN(C(=O)C(CC(C)C)NC(=O)OC(C)(C)C)C(C(=O)NCC(=O)OC)c1ccc(C)cc1. The molecule has 0 aliphatic rings. The van der Waals surface area contributed by atoms with Gasteiger partial charge in [-0.1, -0.05) is 63.4 Å². The van der Waals surface area contributed by atoms with E-state index in [0.717, 1.165) is 18.4 Å². The molecule has 0 bridgehead atoms. The van der Waals surface area contributed by atoms with Gasteiger partial charge in [-0.05, 0) is 52.0 Å². The molecule has 0 aliphatic heterocycles. The first-order valence-corrected chi connectivity index (χ1v) is 13.0.